The molecule has 0 unspecified atom stereocenters. The summed E-state index contributed by atoms with van der Waals surface area (Å²) in [5.41, 5.74) is 0.0739. The van der Waals surface area contributed by atoms with Crippen LogP contribution in [-0.4, -0.2) is 53.8 Å². The number of hydrogen-bond acceptors (Lipinski definition) is 3. The molecule has 0 aromatic carbocycles. The molecular weight excluding hydrogens is 182 g/mol. The Kier molecular flexibility index (Phi) is 4.38. The third kappa shape index (κ3) is 4.22. The highest BCUT2D eigenvalue weighted by molar-refractivity contribution is 5.98. The van der Waals surface area contributed by atoms with Crippen LogP contribution in [0.25, 0.3) is 0 Å². The van der Waals surface area contributed by atoms with E-state index in [9.17, 15) is 0 Å². The van der Waals surface area contributed by atoms with Crippen molar-refractivity contribution < 1.29 is 9.16 Å². The first kappa shape index (κ1) is 11.2. The Morgan fingerprint density at radius 1 is 1.38 bits per heavy atom. The zero-order chi connectivity index (χ0) is 9.73. The Hall–Kier alpha value is 0.0969. The third-order valence-corrected chi connectivity index (χ3v) is 3.79. The molecule has 4 heteroatoms. The van der Waals surface area contributed by atoms with Gasteiger partial charge in [0.05, 0.1) is 18.8 Å². The molecule has 1 saturated heterocycles. The summed E-state index contributed by atoms with van der Waals surface area (Å²) in [7, 11) is 0.832. The molecule has 1 aliphatic heterocycles. The Morgan fingerprint density at radius 2 is 2.00 bits per heavy atom. The van der Waals surface area contributed by atoms with Crippen LogP contribution in [0.4, 0.5) is 0 Å². The molecule has 78 valence electrons. The third-order valence-electron chi connectivity index (χ3n) is 2.69. The summed E-state index contributed by atoms with van der Waals surface area (Å²) in [5.74, 6) is 0. The molecule has 1 rings (SSSR count). The van der Waals surface area contributed by atoms with Gasteiger partial charge in [0.1, 0.15) is 10.5 Å². The predicted octanol–water partition coefficient (Wildman–Crippen LogP) is -0.216. The van der Waals surface area contributed by atoms with Crippen molar-refractivity contribution in [2.75, 3.05) is 32.8 Å². The van der Waals surface area contributed by atoms with E-state index in [4.69, 9.17) is 9.16 Å². The maximum Gasteiger partial charge on any atom is 0.146 e. The summed E-state index contributed by atoms with van der Waals surface area (Å²) >= 11 is 0. The molecule has 1 heterocycles. The normalized spacial score (nSPS) is 20.8. The van der Waals surface area contributed by atoms with Gasteiger partial charge < -0.3 is 9.16 Å². The van der Waals surface area contributed by atoms with Crippen molar-refractivity contribution in [1.29, 1.82) is 0 Å². The fraction of sp³-hybridized carbons (Fsp3) is 1.00. The molecule has 1 fully saturated rings. The van der Waals surface area contributed by atoms with Crippen molar-refractivity contribution in [2.45, 2.75) is 25.9 Å². The number of rotatable bonds is 4. The molecule has 0 bridgehead atoms. The molecule has 13 heavy (non-hydrogen) atoms. The first-order valence-corrected chi connectivity index (χ1v) is 5.81. The predicted molar refractivity (Wildman–Crippen MR) is 57.0 cm³/mol. The topological polar surface area (TPSA) is 21.7 Å². The van der Waals surface area contributed by atoms with Crippen LogP contribution in [0.3, 0.4) is 0 Å². The molecular formula is C9H21NO2Si. The standard InChI is InChI=1S/C9H21NO2Si/c1-9(2,12-13)3-4-10-5-7-11-8-6-10/h3-8H2,1-2,13H3. The van der Waals surface area contributed by atoms with Gasteiger partial charge >= 0.3 is 0 Å². The van der Waals surface area contributed by atoms with E-state index in [1.54, 1.807) is 0 Å². The summed E-state index contributed by atoms with van der Waals surface area (Å²) in [4.78, 5) is 2.45. The summed E-state index contributed by atoms with van der Waals surface area (Å²) in [6.45, 7) is 9.41. The first-order chi connectivity index (χ1) is 6.14. The van der Waals surface area contributed by atoms with Crippen LogP contribution in [0.1, 0.15) is 20.3 Å². The summed E-state index contributed by atoms with van der Waals surface area (Å²) in [6, 6.07) is 0. The second kappa shape index (κ2) is 5.10. The highest BCUT2D eigenvalue weighted by Crippen LogP contribution is 2.13. The number of ether oxygens (including phenoxy) is 1. The van der Waals surface area contributed by atoms with Crippen molar-refractivity contribution >= 4 is 10.5 Å². The Bertz CT molecular complexity index is 147. The van der Waals surface area contributed by atoms with Gasteiger partial charge in [0.2, 0.25) is 0 Å². The molecule has 0 radical (unpaired) electrons. The minimum absolute atomic E-state index is 0.0739. The molecule has 3 nitrogen and oxygen atoms in total. The summed E-state index contributed by atoms with van der Waals surface area (Å²) in [5, 5.41) is 0. The van der Waals surface area contributed by atoms with Crippen molar-refractivity contribution in [3.05, 3.63) is 0 Å². The minimum atomic E-state index is 0.0739. The first-order valence-electron chi connectivity index (χ1n) is 4.99. The lowest BCUT2D eigenvalue weighted by Gasteiger charge is -2.31. The van der Waals surface area contributed by atoms with Crippen molar-refractivity contribution in [3.8, 4) is 0 Å². The van der Waals surface area contributed by atoms with Crippen LogP contribution in [0.2, 0.25) is 0 Å². The lowest BCUT2D eigenvalue weighted by molar-refractivity contribution is 0.0232. The molecule has 0 aliphatic carbocycles. The number of nitrogens with zero attached hydrogens (tertiary/aromatic N) is 1. The Morgan fingerprint density at radius 3 is 2.54 bits per heavy atom. The van der Waals surface area contributed by atoms with Crippen LogP contribution in [0.15, 0.2) is 0 Å². The van der Waals surface area contributed by atoms with Crippen LogP contribution in [-0.2, 0) is 9.16 Å². The van der Waals surface area contributed by atoms with Gasteiger partial charge in [-0.25, -0.2) is 0 Å². The molecule has 0 aromatic heterocycles. The molecule has 0 N–H and O–H groups in total. The van der Waals surface area contributed by atoms with Crippen molar-refractivity contribution in [1.82, 2.24) is 4.90 Å². The largest absolute Gasteiger partial charge is 0.423 e. The van der Waals surface area contributed by atoms with E-state index in [1.807, 2.05) is 0 Å². The van der Waals surface area contributed by atoms with E-state index < -0.39 is 0 Å². The van der Waals surface area contributed by atoms with Gasteiger partial charge in [-0.1, -0.05) is 0 Å². The molecule has 0 saturated carbocycles. The van der Waals surface area contributed by atoms with Gasteiger partial charge in [-0.15, -0.1) is 0 Å². The van der Waals surface area contributed by atoms with Gasteiger partial charge in [0.15, 0.2) is 0 Å². The quantitative estimate of drug-likeness (QED) is 0.590. The minimum Gasteiger partial charge on any atom is -0.423 e. The highest BCUT2D eigenvalue weighted by Gasteiger charge is 2.18. The van der Waals surface area contributed by atoms with Crippen LogP contribution in [0, 0.1) is 0 Å². The highest BCUT2D eigenvalue weighted by atomic mass is 28.2. The average molecular weight is 203 g/mol. The van der Waals surface area contributed by atoms with Gasteiger partial charge in [0, 0.05) is 19.6 Å². The molecule has 0 atom stereocenters. The van der Waals surface area contributed by atoms with E-state index >= 15 is 0 Å². The van der Waals surface area contributed by atoms with Crippen LogP contribution in [0.5, 0.6) is 0 Å². The smallest absolute Gasteiger partial charge is 0.146 e. The van der Waals surface area contributed by atoms with E-state index in [1.165, 1.54) is 0 Å². The van der Waals surface area contributed by atoms with Gasteiger partial charge in [0.25, 0.3) is 0 Å². The van der Waals surface area contributed by atoms with Crippen molar-refractivity contribution in [2.24, 2.45) is 0 Å². The fourth-order valence-corrected chi connectivity index (χ4v) is 1.56. The Balaban J connectivity index is 2.17. The second-order valence-corrected chi connectivity index (χ2v) is 4.58. The van der Waals surface area contributed by atoms with E-state index in [0.717, 1.165) is 49.8 Å². The molecule has 0 amide bonds. The SMILES string of the molecule is CC(C)(CCN1CCOCC1)O[SiH3]. The number of morpholine rings is 1. The van der Waals surface area contributed by atoms with Crippen LogP contribution < -0.4 is 0 Å². The fourth-order valence-electron chi connectivity index (χ4n) is 1.35. The zero-order valence-corrected chi connectivity index (χ0v) is 11.0. The van der Waals surface area contributed by atoms with E-state index in [0.29, 0.717) is 0 Å². The van der Waals surface area contributed by atoms with Gasteiger partial charge in [-0.3, -0.25) is 4.90 Å². The van der Waals surface area contributed by atoms with Gasteiger partial charge in [-0.2, -0.15) is 0 Å². The van der Waals surface area contributed by atoms with E-state index in [2.05, 4.69) is 18.7 Å². The summed E-state index contributed by atoms with van der Waals surface area (Å²) in [6.07, 6.45) is 1.12. The summed E-state index contributed by atoms with van der Waals surface area (Å²) < 4.78 is 10.8. The van der Waals surface area contributed by atoms with Crippen molar-refractivity contribution in [3.63, 3.8) is 0 Å². The molecule has 1 aliphatic rings. The monoisotopic (exact) mass is 203 g/mol. The second-order valence-electron chi connectivity index (χ2n) is 4.17. The molecule has 0 aromatic rings. The molecule has 0 spiro atoms. The van der Waals surface area contributed by atoms with Gasteiger partial charge in [-0.05, 0) is 20.3 Å². The van der Waals surface area contributed by atoms with E-state index in [-0.39, 0.29) is 5.60 Å². The average Bonchev–Trinajstić information content (AvgIpc) is 2.17. The van der Waals surface area contributed by atoms with Crippen LogP contribution >= 0.6 is 0 Å². The zero-order valence-electron chi connectivity index (χ0n) is 9.01. The number of hydrogen-bond donors (Lipinski definition) is 0. The lowest BCUT2D eigenvalue weighted by Crippen LogP contribution is -2.39. The lowest BCUT2D eigenvalue weighted by atomic mass is 10.1. The maximum absolute atomic E-state index is 5.51. The Labute approximate surface area is 83.9 Å². The maximum atomic E-state index is 5.51.